The summed E-state index contributed by atoms with van der Waals surface area (Å²) in [5.41, 5.74) is 19.5. The summed E-state index contributed by atoms with van der Waals surface area (Å²) in [4.78, 5) is 51.4. The highest BCUT2D eigenvalue weighted by Gasteiger charge is 2.42. The van der Waals surface area contributed by atoms with Crippen LogP contribution in [0.4, 0.5) is 0 Å². The van der Waals surface area contributed by atoms with Gasteiger partial charge < -0.3 is 26.6 Å². The lowest BCUT2D eigenvalue weighted by Crippen LogP contribution is -2.45. The van der Waals surface area contributed by atoms with Crippen LogP contribution in [0.5, 0.6) is 0 Å². The van der Waals surface area contributed by atoms with Gasteiger partial charge in [0.1, 0.15) is 11.8 Å². The van der Waals surface area contributed by atoms with Crippen LogP contribution in [0.15, 0.2) is 119 Å². The zero-order valence-electron chi connectivity index (χ0n) is 28.7. The number of carbonyl (C=O) groups excluding carboxylic acids is 2. The van der Waals surface area contributed by atoms with Crippen molar-refractivity contribution < 1.29 is 24.6 Å². The molecule has 5 heterocycles. The number of hydrogen-bond acceptors (Lipinski definition) is 8. The summed E-state index contributed by atoms with van der Waals surface area (Å²) in [6.07, 6.45) is 6.73. The highest BCUT2D eigenvalue weighted by Crippen LogP contribution is 2.47. The van der Waals surface area contributed by atoms with E-state index in [-0.39, 0.29) is 30.4 Å². The number of amides is 2. The van der Waals surface area contributed by atoms with Gasteiger partial charge in [-0.25, -0.2) is 15.0 Å². The van der Waals surface area contributed by atoms with Gasteiger partial charge in [-0.1, -0.05) is 26.5 Å². The van der Waals surface area contributed by atoms with Crippen molar-refractivity contribution >= 4 is 34.9 Å². The van der Waals surface area contributed by atoms with Crippen molar-refractivity contribution in [3.63, 3.8) is 0 Å². The van der Waals surface area contributed by atoms with Gasteiger partial charge in [0.25, 0.3) is 0 Å². The second-order valence-electron chi connectivity index (χ2n) is 13.3. The fraction of sp³-hybridized carbons (Fsp3) is 0.368. The number of primary amides is 1. The van der Waals surface area contributed by atoms with E-state index in [4.69, 9.17) is 20.7 Å². The lowest BCUT2D eigenvalue weighted by atomic mass is 9.85. The van der Waals surface area contributed by atoms with Gasteiger partial charge in [0, 0.05) is 52.8 Å². The quantitative estimate of drug-likeness (QED) is 0.219. The predicted molar refractivity (Wildman–Crippen MR) is 189 cm³/mol. The maximum Gasteiger partial charge on any atom is 0.305 e. The minimum absolute atomic E-state index is 0.0233. The number of aliphatic carboxylic acids is 1. The van der Waals surface area contributed by atoms with E-state index >= 15 is 0 Å². The normalized spacial score (nSPS) is 23.5. The summed E-state index contributed by atoms with van der Waals surface area (Å²) in [6.45, 7) is 16.4. The van der Waals surface area contributed by atoms with Crippen molar-refractivity contribution in [3.8, 4) is 0 Å². The van der Waals surface area contributed by atoms with Crippen LogP contribution in [0.3, 0.4) is 0 Å². The molecule has 6 N–H and O–H groups in total. The summed E-state index contributed by atoms with van der Waals surface area (Å²) < 4.78 is 0. The largest absolute Gasteiger partial charge is 0.511 e. The van der Waals surface area contributed by atoms with E-state index in [1.165, 1.54) is 0 Å². The minimum atomic E-state index is -1.31. The van der Waals surface area contributed by atoms with Crippen LogP contribution < -0.4 is 16.4 Å². The third-order valence-electron chi connectivity index (χ3n) is 10.4. The molecule has 6 rings (SSSR count). The van der Waals surface area contributed by atoms with Crippen LogP contribution in [-0.4, -0.2) is 51.2 Å². The number of fused-ring (bicyclic) bond motifs is 5. The third kappa shape index (κ3) is 5.66. The van der Waals surface area contributed by atoms with Crippen molar-refractivity contribution in [3.05, 3.63) is 104 Å². The molecule has 0 unspecified atom stereocenters. The van der Waals surface area contributed by atoms with Crippen LogP contribution in [0.2, 0.25) is 0 Å². The Labute approximate surface area is 285 Å². The molecule has 8 bridgehead atoms. The third-order valence-corrected chi connectivity index (χ3v) is 10.4. The molecule has 2 amide bonds. The van der Waals surface area contributed by atoms with Crippen molar-refractivity contribution in [2.45, 2.75) is 79.7 Å². The Kier molecular flexibility index (Phi) is 8.64. The van der Waals surface area contributed by atoms with Crippen molar-refractivity contribution in [2.24, 2.45) is 32.5 Å². The summed E-state index contributed by atoms with van der Waals surface area (Å²) >= 11 is 0. The number of nitrogens with zero attached hydrogens (tertiary/aromatic N) is 3. The SMILES string of the molecule is C=CC1=C(C)C2=NC1=CC1=NC(=CC3=C(C)C4=C(O)CC(=C5NC(=C2C)[C@@H](C)[C@@H]5CCC(=O)N[C@@H](CC(=O)O)C(N)=O)C4=N3)C(CC)=C1C. The maximum atomic E-state index is 13.1. The minimum Gasteiger partial charge on any atom is -0.511 e. The Morgan fingerprint density at radius 3 is 2.43 bits per heavy atom. The summed E-state index contributed by atoms with van der Waals surface area (Å²) in [6, 6.07) is -1.31. The number of rotatable bonds is 9. The Hall–Kier alpha value is -5.32. The first kappa shape index (κ1) is 33.6. The summed E-state index contributed by atoms with van der Waals surface area (Å²) in [7, 11) is 0. The molecule has 1 fully saturated rings. The number of carboxylic acid groups (broad SMARTS) is 1. The molecule has 3 atom stereocenters. The van der Waals surface area contributed by atoms with E-state index in [1.54, 1.807) is 0 Å². The number of aliphatic imine (C=N–C) groups is 3. The second-order valence-corrected chi connectivity index (χ2v) is 13.3. The molecule has 254 valence electrons. The van der Waals surface area contributed by atoms with E-state index in [0.717, 1.165) is 90.9 Å². The number of carboxylic acids is 1. The van der Waals surface area contributed by atoms with E-state index in [9.17, 15) is 24.6 Å². The number of aliphatic hydroxyl groups excluding tert-OH is 1. The van der Waals surface area contributed by atoms with Gasteiger partial charge in [0.2, 0.25) is 11.8 Å². The molecular formula is C38H42N6O5. The van der Waals surface area contributed by atoms with Crippen LogP contribution in [-0.2, 0) is 14.4 Å². The van der Waals surface area contributed by atoms with Crippen LogP contribution >= 0.6 is 0 Å². The molecule has 0 aromatic heterocycles. The number of allylic oxidation sites excluding steroid dienone is 12. The predicted octanol–water partition coefficient (Wildman–Crippen LogP) is 5.46. The van der Waals surface area contributed by atoms with Crippen LogP contribution in [0.1, 0.15) is 73.6 Å². The monoisotopic (exact) mass is 662 g/mol. The first-order valence-corrected chi connectivity index (χ1v) is 16.6. The van der Waals surface area contributed by atoms with Gasteiger partial charge in [-0.15, -0.1) is 0 Å². The highest BCUT2D eigenvalue weighted by molar-refractivity contribution is 6.21. The molecule has 5 aliphatic heterocycles. The molecule has 0 saturated carbocycles. The average molecular weight is 663 g/mol. The standard InChI is InChI=1S/C38H42N6O5/c1-8-21-16(3)25-13-28-22(9-2)17(4)34(43-28)20(7)35-18(5)23(10-11-31(46)41-29(38(39)49)15-32(47)48)36(44-35)24-12-30(45)33-19(6)26(42-37(24)33)14-27(21)40-25/h9,13-14,18,23,29,44-45H,2,8,10-12,15H2,1,3-7H3,(H2,39,49)(H,41,46)(H,47,48)/t18-,23-,29-/m0/s1. The molecule has 0 spiro atoms. The van der Waals surface area contributed by atoms with E-state index in [1.807, 2.05) is 39.0 Å². The molecule has 0 aromatic carbocycles. The number of aliphatic hydroxyl groups is 1. The summed E-state index contributed by atoms with van der Waals surface area (Å²) in [5.74, 6) is -2.65. The molecule has 0 radical (unpaired) electrons. The van der Waals surface area contributed by atoms with Crippen molar-refractivity contribution in [2.75, 3.05) is 0 Å². The maximum absolute atomic E-state index is 13.1. The molecule has 0 aromatic rings. The second kappa shape index (κ2) is 12.6. The smallest absolute Gasteiger partial charge is 0.305 e. The lowest BCUT2D eigenvalue weighted by molar-refractivity contribution is -0.140. The zero-order valence-corrected chi connectivity index (χ0v) is 28.7. The van der Waals surface area contributed by atoms with E-state index in [2.05, 4.69) is 38.0 Å². The zero-order chi connectivity index (χ0) is 35.5. The molecular weight excluding hydrogens is 620 g/mol. The Morgan fingerprint density at radius 2 is 1.78 bits per heavy atom. The molecule has 6 aliphatic rings. The van der Waals surface area contributed by atoms with Gasteiger partial charge >= 0.3 is 5.97 Å². The number of hydrogen-bond donors (Lipinski definition) is 5. The lowest BCUT2D eigenvalue weighted by Gasteiger charge is -2.19. The number of carbonyl (C=O) groups is 3. The van der Waals surface area contributed by atoms with Crippen LogP contribution in [0.25, 0.3) is 0 Å². The Bertz CT molecular complexity index is 2000. The topological polar surface area (TPSA) is 179 Å². The highest BCUT2D eigenvalue weighted by atomic mass is 16.4. The molecule has 11 nitrogen and oxygen atoms in total. The molecule has 49 heavy (non-hydrogen) atoms. The van der Waals surface area contributed by atoms with E-state index < -0.39 is 30.2 Å². The molecule has 1 saturated heterocycles. The number of nitrogens with two attached hydrogens (primary N) is 1. The summed E-state index contributed by atoms with van der Waals surface area (Å²) in [5, 5.41) is 26.7. The first-order chi connectivity index (χ1) is 23.2. The number of nitrogens with one attached hydrogen (secondary N) is 2. The van der Waals surface area contributed by atoms with Gasteiger partial charge in [-0.05, 0) is 80.6 Å². The Balaban J connectivity index is 1.49. The fourth-order valence-electron chi connectivity index (χ4n) is 7.76. The Morgan fingerprint density at radius 1 is 1.04 bits per heavy atom. The molecule has 11 heteroatoms. The van der Waals surface area contributed by atoms with Gasteiger partial charge in [-0.3, -0.25) is 14.4 Å². The fourth-order valence-corrected chi connectivity index (χ4v) is 7.76. The average Bonchev–Trinajstić information content (AvgIpc) is 3.80. The first-order valence-electron chi connectivity index (χ1n) is 16.6. The van der Waals surface area contributed by atoms with Crippen LogP contribution in [0, 0.1) is 11.8 Å². The molecule has 1 aliphatic carbocycles. The van der Waals surface area contributed by atoms with E-state index in [0.29, 0.717) is 12.1 Å². The van der Waals surface area contributed by atoms with Crippen molar-refractivity contribution in [1.82, 2.24) is 10.6 Å². The van der Waals surface area contributed by atoms with Gasteiger partial charge in [0.15, 0.2) is 0 Å². The van der Waals surface area contributed by atoms with Gasteiger partial charge in [-0.2, -0.15) is 0 Å². The van der Waals surface area contributed by atoms with Gasteiger partial charge in [0.05, 0.1) is 40.6 Å². The van der Waals surface area contributed by atoms with Crippen molar-refractivity contribution in [1.29, 1.82) is 0 Å².